The summed E-state index contributed by atoms with van der Waals surface area (Å²) in [5, 5.41) is 0.831. The molecular formula is C14H18NO8P. The fourth-order valence-corrected chi connectivity index (χ4v) is 3.03. The van der Waals surface area contributed by atoms with Crippen molar-refractivity contribution in [3.8, 4) is 0 Å². The van der Waals surface area contributed by atoms with Gasteiger partial charge in [0.25, 0.3) is 0 Å². The van der Waals surface area contributed by atoms with E-state index in [2.05, 4.69) is 9.05 Å². The summed E-state index contributed by atoms with van der Waals surface area (Å²) in [6.45, 7) is 3.55. The summed E-state index contributed by atoms with van der Waals surface area (Å²) < 4.78 is 20.6. The Morgan fingerprint density at radius 1 is 1.17 bits per heavy atom. The summed E-state index contributed by atoms with van der Waals surface area (Å²) in [6, 6.07) is 8.07. The molecule has 1 fully saturated rings. The van der Waals surface area contributed by atoms with Crippen molar-refractivity contribution in [1.29, 1.82) is 0 Å². The van der Waals surface area contributed by atoms with Crippen molar-refractivity contribution in [3.05, 3.63) is 35.9 Å². The molecule has 1 heterocycles. The van der Waals surface area contributed by atoms with Crippen LogP contribution in [0.1, 0.15) is 25.8 Å². The van der Waals surface area contributed by atoms with Crippen molar-refractivity contribution in [2.45, 2.75) is 25.8 Å². The van der Waals surface area contributed by atoms with Gasteiger partial charge < -0.3 is 9.05 Å². The van der Waals surface area contributed by atoms with E-state index in [1.807, 2.05) is 0 Å². The van der Waals surface area contributed by atoms with Crippen LogP contribution in [0.2, 0.25) is 0 Å². The number of carbonyl (C=O) groups excluding carboxylic acids is 2. The van der Waals surface area contributed by atoms with Gasteiger partial charge in [-0.25, -0.2) is 9.36 Å². The summed E-state index contributed by atoms with van der Waals surface area (Å²) in [4.78, 5) is 44.9. The molecule has 1 saturated heterocycles. The maximum Gasteiger partial charge on any atom is 0.589 e. The van der Waals surface area contributed by atoms with Crippen LogP contribution in [0.15, 0.2) is 30.3 Å². The van der Waals surface area contributed by atoms with E-state index in [4.69, 9.17) is 9.68 Å². The fraction of sp³-hybridized carbons (Fsp3) is 0.429. The minimum atomic E-state index is -4.86. The van der Waals surface area contributed by atoms with Crippen molar-refractivity contribution in [1.82, 2.24) is 5.23 Å². The lowest BCUT2D eigenvalue weighted by Gasteiger charge is -2.37. The van der Waals surface area contributed by atoms with E-state index in [9.17, 15) is 19.0 Å². The van der Waals surface area contributed by atoms with Gasteiger partial charge in [-0.2, -0.15) is 0 Å². The third-order valence-electron chi connectivity index (χ3n) is 3.21. The lowest BCUT2D eigenvalue weighted by Crippen LogP contribution is -2.53. The standard InChI is InChI=1S/C14H18NO8P/c1-3-20-15(21-4-2)14(11-8-6-5-7-9-11)10-12(16)22-24(18,19)23-13(14)17/h5-9H,3-4,10H2,1-2H3,(H,18,19)/t14-/m1/s1. The predicted molar refractivity (Wildman–Crippen MR) is 79.8 cm³/mol. The van der Waals surface area contributed by atoms with Gasteiger partial charge in [-0.05, 0) is 24.6 Å². The minimum Gasteiger partial charge on any atom is -0.361 e. The van der Waals surface area contributed by atoms with Crippen LogP contribution in [0.3, 0.4) is 0 Å². The van der Waals surface area contributed by atoms with E-state index in [1.165, 1.54) is 0 Å². The lowest BCUT2D eigenvalue weighted by atomic mass is 9.87. The third kappa shape index (κ3) is 3.66. The molecule has 0 amide bonds. The summed E-state index contributed by atoms with van der Waals surface area (Å²) in [6.07, 6.45) is -0.625. The van der Waals surface area contributed by atoms with Crippen LogP contribution in [-0.4, -0.2) is 35.3 Å². The maximum absolute atomic E-state index is 12.7. The van der Waals surface area contributed by atoms with Crippen LogP contribution in [0.4, 0.5) is 0 Å². The van der Waals surface area contributed by atoms with E-state index >= 15 is 0 Å². The highest BCUT2D eigenvalue weighted by molar-refractivity contribution is 7.48. The molecule has 0 aliphatic carbocycles. The van der Waals surface area contributed by atoms with Crippen LogP contribution in [0.25, 0.3) is 0 Å². The average Bonchev–Trinajstić information content (AvgIpc) is 2.61. The van der Waals surface area contributed by atoms with Crippen molar-refractivity contribution in [3.63, 3.8) is 0 Å². The molecule has 1 N–H and O–H groups in total. The first-order valence-electron chi connectivity index (χ1n) is 7.26. The topological polar surface area (TPSA) is 112 Å². The van der Waals surface area contributed by atoms with E-state index in [0.29, 0.717) is 0 Å². The molecule has 1 aliphatic heterocycles. The molecule has 0 aromatic heterocycles. The fourth-order valence-electron chi connectivity index (χ4n) is 2.31. The average molecular weight is 359 g/mol. The van der Waals surface area contributed by atoms with Gasteiger partial charge in [0.05, 0.1) is 19.6 Å². The molecule has 9 nitrogen and oxygen atoms in total. The van der Waals surface area contributed by atoms with Gasteiger partial charge in [-0.15, -0.1) is 0 Å². The molecule has 10 heteroatoms. The second kappa shape index (κ2) is 7.42. The minimum absolute atomic E-state index is 0.119. The number of rotatable bonds is 6. The highest BCUT2D eigenvalue weighted by atomic mass is 31.2. The Bertz CT molecular complexity index is 645. The molecule has 132 valence electrons. The van der Waals surface area contributed by atoms with Gasteiger partial charge in [0.1, 0.15) is 0 Å². The zero-order valence-corrected chi connectivity index (χ0v) is 14.1. The van der Waals surface area contributed by atoms with Crippen LogP contribution in [0, 0.1) is 0 Å². The normalized spacial score (nSPS) is 27.5. The molecule has 1 unspecified atom stereocenters. The van der Waals surface area contributed by atoms with Gasteiger partial charge in [-0.1, -0.05) is 30.3 Å². The molecule has 0 radical (unpaired) electrons. The zero-order chi connectivity index (χ0) is 17.8. The number of phosphoric ester groups is 1. The van der Waals surface area contributed by atoms with Gasteiger partial charge in [-0.3, -0.25) is 19.4 Å². The molecule has 0 saturated carbocycles. The van der Waals surface area contributed by atoms with Crippen LogP contribution in [-0.2, 0) is 38.4 Å². The molecule has 0 spiro atoms. The molecule has 2 rings (SSSR count). The number of benzene rings is 1. The summed E-state index contributed by atoms with van der Waals surface area (Å²) in [7, 11) is -4.86. The zero-order valence-electron chi connectivity index (χ0n) is 13.2. The van der Waals surface area contributed by atoms with E-state index < -0.39 is 31.7 Å². The molecule has 1 aliphatic rings. The summed E-state index contributed by atoms with van der Waals surface area (Å²) in [5.74, 6) is -2.28. The van der Waals surface area contributed by atoms with Gasteiger partial charge in [0, 0.05) is 0 Å². The Hall–Kier alpha value is -1.77. The van der Waals surface area contributed by atoms with Crippen LogP contribution >= 0.6 is 7.82 Å². The Labute approximate surface area is 138 Å². The smallest absolute Gasteiger partial charge is 0.361 e. The van der Waals surface area contributed by atoms with E-state index in [-0.39, 0.29) is 18.8 Å². The van der Waals surface area contributed by atoms with Crippen molar-refractivity contribution in [2.24, 2.45) is 0 Å². The predicted octanol–water partition coefficient (Wildman–Crippen LogP) is 1.68. The molecular weight excluding hydrogens is 341 g/mol. The van der Waals surface area contributed by atoms with Crippen molar-refractivity contribution >= 4 is 19.8 Å². The summed E-state index contributed by atoms with van der Waals surface area (Å²) >= 11 is 0. The second-order valence-corrected chi connectivity index (χ2v) is 6.11. The Balaban J connectivity index is 2.63. The van der Waals surface area contributed by atoms with E-state index in [1.54, 1.807) is 44.2 Å². The van der Waals surface area contributed by atoms with E-state index in [0.717, 1.165) is 5.23 Å². The van der Waals surface area contributed by atoms with Crippen LogP contribution < -0.4 is 0 Å². The number of phosphoric acid groups is 1. The number of hydroxylamine groups is 2. The molecule has 24 heavy (non-hydrogen) atoms. The molecule has 2 atom stereocenters. The third-order valence-corrected chi connectivity index (χ3v) is 4.04. The Kier molecular flexibility index (Phi) is 5.74. The first-order chi connectivity index (χ1) is 11.4. The Morgan fingerprint density at radius 3 is 2.29 bits per heavy atom. The highest BCUT2D eigenvalue weighted by Crippen LogP contribution is 2.51. The Morgan fingerprint density at radius 2 is 1.75 bits per heavy atom. The van der Waals surface area contributed by atoms with Crippen LogP contribution in [0.5, 0.6) is 0 Å². The maximum atomic E-state index is 12.7. The molecule has 1 aromatic carbocycles. The monoisotopic (exact) mass is 359 g/mol. The summed E-state index contributed by atoms with van der Waals surface area (Å²) in [5.41, 5.74) is -1.63. The first-order valence-corrected chi connectivity index (χ1v) is 8.76. The quantitative estimate of drug-likeness (QED) is 0.599. The largest absolute Gasteiger partial charge is 0.589 e. The van der Waals surface area contributed by atoms with Gasteiger partial charge in [0.15, 0.2) is 0 Å². The first kappa shape index (κ1) is 18.6. The SMILES string of the molecule is CCON(OCC)[C@@]1(c2ccccc2)CC(=O)OP(=O)(O)OC1=O. The van der Waals surface area contributed by atoms with Gasteiger partial charge >= 0.3 is 19.8 Å². The second-order valence-electron chi connectivity index (χ2n) is 4.81. The highest BCUT2D eigenvalue weighted by Gasteiger charge is 2.57. The number of hydrogen-bond acceptors (Lipinski definition) is 8. The van der Waals surface area contributed by atoms with Gasteiger partial charge in [0.2, 0.25) is 5.54 Å². The number of carbonyl (C=O) groups is 2. The molecule has 1 aromatic rings. The number of nitrogens with zero attached hydrogens (tertiary/aromatic N) is 1. The van der Waals surface area contributed by atoms with Crippen molar-refractivity contribution < 1.29 is 37.8 Å². The van der Waals surface area contributed by atoms with Crippen molar-refractivity contribution in [2.75, 3.05) is 13.2 Å². The molecule has 0 bridgehead atoms. The number of hydrogen-bond donors (Lipinski definition) is 1. The lowest BCUT2D eigenvalue weighted by molar-refractivity contribution is -0.407.